The maximum absolute atomic E-state index is 11.6. The van der Waals surface area contributed by atoms with Crippen molar-refractivity contribution < 1.29 is 14.4 Å². The molecule has 3 rings (SSSR count). The van der Waals surface area contributed by atoms with Gasteiger partial charge in [-0.05, 0) is 31.7 Å². The summed E-state index contributed by atoms with van der Waals surface area (Å²) in [6, 6.07) is 13.0. The van der Waals surface area contributed by atoms with E-state index in [1.165, 1.54) is 24.0 Å². The van der Waals surface area contributed by atoms with E-state index >= 15 is 0 Å². The summed E-state index contributed by atoms with van der Waals surface area (Å²) in [5, 5.41) is 25.2. The number of benzene rings is 2. The number of ether oxygens (including phenoxy) is 2. The Hall–Kier alpha value is -3.40. The van der Waals surface area contributed by atoms with Crippen LogP contribution in [-0.2, 0) is 6.42 Å². The van der Waals surface area contributed by atoms with E-state index in [1.807, 2.05) is 36.6 Å². The Labute approximate surface area is 184 Å². The Morgan fingerprint density at radius 1 is 1.16 bits per heavy atom. The van der Waals surface area contributed by atoms with Crippen molar-refractivity contribution in [3.63, 3.8) is 0 Å². The summed E-state index contributed by atoms with van der Waals surface area (Å²) in [6.07, 6.45) is 3.97. The Morgan fingerprint density at radius 2 is 1.90 bits per heavy atom. The second-order valence-electron chi connectivity index (χ2n) is 6.31. The van der Waals surface area contributed by atoms with Gasteiger partial charge in [-0.1, -0.05) is 42.1 Å². The number of rotatable bonds is 10. The minimum absolute atomic E-state index is 0.116. The molecule has 0 atom stereocenters. The first-order chi connectivity index (χ1) is 15.1. The first kappa shape index (κ1) is 22.3. The molecular formula is C21H23N5O4S. The highest BCUT2D eigenvalue weighted by molar-refractivity contribution is 7.98. The molecule has 0 saturated heterocycles. The van der Waals surface area contributed by atoms with E-state index in [-0.39, 0.29) is 18.0 Å². The number of nitro benzene ring substituents is 1. The van der Waals surface area contributed by atoms with Gasteiger partial charge in [-0.25, -0.2) is 0 Å². The third-order valence-electron chi connectivity index (χ3n) is 4.23. The summed E-state index contributed by atoms with van der Waals surface area (Å²) in [7, 11) is 0. The molecular weight excluding hydrogens is 418 g/mol. The molecule has 162 valence electrons. The molecule has 0 unspecified atom stereocenters. The quantitative estimate of drug-likeness (QED) is 0.201. The van der Waals surface area contributed by atoms with Gasteiger partial charge < -0.3 is 9.47 Å². The van der Waals surface area contributed by atoms with E-state index in [4.69, 9.17) is 9.47 Å². The molecule has 1 aromatic heterocycles. The van der Waals surface area contributed by atoms with Gasteiger partial charge in [-0.15, -0.1) is 10.2 Å². The molecule has 10 heteroatoms. The lowest BCUT2D eigenvalue weighted by Gasteiger charge is -2.12. The van der Waals surface area contributed by atoms with Gasteiger partial charge in [0.2, 0.25) is 10.9 Å². The summed E-state index contributed by atoms with van der Waals surface area (Å²) in [6.45, 7) is 4.20. The monoisotopic (exact) mass is 441 g/mol. The largest absolute Gasteiger partial charge is 0.490 e. The fourth-order valence-electron chi connectivity index (χ4n) is 2.92. The van der Waals surface area contributed by atoms with Crippen LogP contribution >= 0.6 is 11.8 Å². The molecule has 0 saturated carbocycles. The number of thioether (sulfide) groups is 1. The van der Waals surface area contributed by atoms with Crippen molar-refractivity contribution >= 4 is 23.7 Å². The zero-order chi connectivity index (χ0) is 22.2. The van der Waals surface area contributed by atoms with Crippen LogP contribution in [0.25, 0.3) is 0 Å². The van der Waals surface area contributed by atoms with Crippen LogP contribution < -0.4 is 9.47 Å². The molecule has 31 heavy (non-hydrogen) atoms. The zero-order valence-electron chi connectivity index (χ0n) is 17.5. The Kier molecular flexibility index (Phi) is 7.60. The molecule has 0 aliphatic carbocycles. The second kappa shape index (κ2) is 10.6. The topological polar surface area (TPSA) is 105 Å². The highest BCUT2D eigenvalue weighted by atomic mass is 32.2. The van der Waals surface area contributed by atoms with E-state index < -0.39 is 4.92 Å². The van der Waals surface area contributed by atoms with E-state index in [1.54, 1.807) is 24.6 Å². The smallest absolute Gasteiger partial charge is 0.315 e. The predicted octanol–water partition coefficient (Wildman–Crippen LogP) is 4.18. The van der Waals surface area contributed by atoms with Crippen molar-refractivity contribution in [3.8, 4) is 11.5 Å². The van der Waals surface area contributed by atoms with E-state index in [0.717, 1.165) is 5.56 Å². The highest BCUT2D eigenvalue weighted by Gasteiger charge is 2.22. The zero-order valence-corrected chi connectivity index (χ0v) is 18.3. The Bertz CT molecular complexity index is 1070. The van der Waals surface area contributed by atoms with Gasteiger partial charge in [0, 0.05) is 18.1 Å². The third kappa shape index (κ3) is 5.40. The van der Waals surface area contributed by atoms with Crippen molar-refractivity contribution in [3.05, 3.63) is 69.5 Å². The van der Waals surface area contributed by atoms with Gasteiger partial charge in [-0.3, -0.25) is 10.1 Å². The van der Waals surface area contributed by atoms with Crippen LogP contribution in [0.5, 0.6) is 11.5 Å². The van der Waals surface area contributed by atoms with Crippen molar-refractivity contribution in [1.29, 1.82) is 0 Å². The number of aromatic nitrogens is 3. The van der Waals surface area contributed by atoms with E-state index in [0.29, 0.717) is 35.3 Å². The summed E-state index contributed by atoms with van der Waals surface area (Å²) >= 11 is 1.41. The van der Waals surface area contributed by atoms with Crippen LogP contribution in [0.1, 0.15) is 30.8 Å². The fraction of sp³-hybridized carbons (Fsp3) is 0.286. The van der Waals surface area contributed by atoms with E-state index in [2.05, 4.69) is 15.3 Å². The third-order valence-corrected chi connectivity index (χ3v) is 4.85. The fourth-order valence-corrected chi connectivity index (χ4v) is 3.37. The van der Waals surface area contributed by atoms with Crippen molar-refractivity contribution in [2.75, 3.05) is 19.5 Å². The molecule has 0 N–H and O–H groups in total. The molecule has 0 aliphatic rings. The van der Waals surface area contributed by atoms with Crippen molar-refractivity contribution in [2.45, 2.75) is 25.4 Å². The predicted molar refractivity (Wildman–Crippen MR) is 119 cm³/mol. The number of nitrogens with zero attached hydrogens (tertiary/aromatic N) is 5. The van der Waals surface area contributed by atoms with Gasteiger partial charge in [0.05, 0.1) is 24.4 Å². The summed E-state index contributed by atoms with van der Waals surface area (Å²) in [4.78, 5) is 11.1. The first-order valence-corrected chi connectivity index (χ1v) is 10.9. The summed E-state index contributed by atoms with van der Waals surface area (Å²) in [5.74, 6) is 1.08. The molecule has 0 radical (unpaired) electrons. The summed E-state index contributed by atoms with van der Waals surface area (Å²) in [5.41, 5.74) is 1.41. The van der Waals surface area contributed by atoms with Crippen LogP contribution in [0.3, 0.4) is 0 Å². The number of hydrogen-bond donors (Lipinski definition) is 0. The second-order valence-corrected chi connectivity index (χ2v) is 7.09. The molecule has 9 nitrogen and oxygen atoms in total. The average molecular weight is 442 g/mol. The SMILES string of the molecule is CCOc1cc(/C=N\n2c(Cc3ccccc3)nnc2SC)cc([N+](=O)[O-])c1OCC. The van der Waals surface area contributed by atoms with Crippen LogP contribution in [0.2, 0.25) is 0 Å². The molecule has 2 aromatic carbocycles. The van der Waals surface area contributed by atoms with Crippen molar-refractivity contribution in [1.82, 2.24) is 14.9 Å². The van der Waals surface area contributed by atoms with Crippen LogP contribution in [-0.4, -0.2) is 45.5 Å². The molecule has 0 bridgehead atoms. The van der Waals surface area contributed by atoms with Gasteiger partial charge in [0.15, 0.2) is 11.6 Å². The summed E-state index contributed by atoms with van der Waals surface area (Å²) < 4.78 is 12.7. The van der Waals surface area contributed by atoms with Gasteiger partial charge in [0.1, 0.15) is 0 Å². The lowest BCUT2D eigenvalue weighted by molar-refractivity contribution is -0.385. The number of hydrogen-bond acceptors (Lipinski definition) is 8. The van der Waals surface area contributed by atoms with Gasteiger partial charge in [-0.2, -0.15) is 9.78 Å². The minimum Gasteiger partial charge on any atom is -0.490 e. The molecule has 0 fully saturated rings. The minimum atomic E-state index is -0.488. The molecule has 0 aliphatic heterocycles. The van der Waals surface area contributed by atoms with Crippen LogP contribution in [0, 0.1) is 10.1 Å². The van der Waals surface area contributed by atoms with Crippen molar-refractivity contribution in [2.24, 2.45) is 5.10 Å². The van der Waals surface area contributed by atoms with Gasteiger partial charge in [0.25, 0.3) is 0 Å². The van der Waals surface area contributed by atoms with Gasteiger partial charge >= 0.3 is 5.69 Å². The highest BCUT2D eigenvalue weighted by Crippen LogP contribution is 2.38. The first-order valence-electron chi connectivity index (χ1n) is 9.71. The molecule has 1 heterocycles. The maximum Gasteiger partial charge on any atom is 0.315 e. The Balaban J connectivity index is 1.99. The normalized spacial score (nSPS) is 11.1. The average Bonchev–Trinajstić information content (AvgIpc) is 3.15. The van der Waals surface area contributed by atoms with Crippen LogP contribution in [0.4, 0.5) is 5.69 Å². The van der Waals surface area contributed by atoms with Crippen LogP contribution in [0.15, 0.2) is 52.7 Å². The number of nitro groups is 1. The lowest BCUT2D eigenvalue weighted by atomic mass is 10.1. The maximum atomic E-state index is 11.6. The Morgan fingerprint density at radius 3 is 2.55 bits per heavy atom. The van der Waals surface area contributed by atoms with E-state index in [9.17, 15) is 10.1 Å². The molecule has 0 spiro atoms. The standard InChI is InChI=1S/C21H23N5O4S/c1-4-29-18-12-16(11-17(26(27)28)20(18)30-5-2)14-22-25-19(23-24-21(25)31-3)13-15-9-7-6-8-10-15/h6-12,14H,4-5,13H2,1-3H3/b22-14-. The molecule has 0 amide bonds. The lowest BCUT2D eigenvalue weighted by Crippen LogP contribution is -2.04. The molecule has 3 aromatic rings.